The van der Waals surface area contributed by atoms with Crippen LogP contribution in [0.1, 0.15) is 18.1 Å². The van der Waals surface area contributed by atoms with Crippen molar-refractivity contribution in [2.24, 2.45) is 0 Å². The van der Waals surface area contributed by atoms with E-state index < -0.39 is 0 Å². The van der Waals surface area contributed by atoms with Crippen molar-refractivity contribution in [1.82, 2.24) is 14.8 Å². The second-order valence-electron chi connectivity index (χ2n) is 4.42. The zero-order valence-electron chi connectivity index (χ0n) is 11.0. The van der Waals surface area contributed by atoms with Crippen LogP contribution in [-0.4, -0.2) is 21.8 Å². The lowest BCUT2D eigenvalue weighted by Crippen LogP contribution is -2.20. The topological polar surface area (TPSA) is 36.9 Å². The molecule has 0 saturated heterocycles. The molecule has 18 heavy (non-hydrogen) atoms. The molecule has 0 bridgehead atoms. The second-order valence-corrected chi connectivity index (χ2v) is 4.80. The summed E-state index contributed by atoms with van der Waals surface area (Å²) in [6.07, 6.45) is 0. The van der Waals surface area contributed by atoms with Gasteiger partial charge in [-0.3, -0.25) is 4.57 Å². The normalized spacial score (nSPS) is 10.6. The highest BCUT2D eigenvalue weighted by Gasteiger charge is 2.10. The lowest BCUT2D eigenvalue weighted by Gasteiger charge is -2.18. The first kappa shape index (κ1) is 12.8. The number of hydrogen-bond acceptors (Lipinski definition) is 3. The van der Waals surface area contributed by atoms with Crippen molar-refractivity contribution < 1.29 is 0 Å². The van der Waals surface area contributed by atoms with Gasteiger partial charge in [-0.05, 0) is 31.6 Å². The molecule has 1 heterocycles. The van der Waals surface area contributed by atoms with Crippen LogP contribution in [0.3, 0.4) is 0 Å². The molecule has 0 aliphatic rings. The summed E-state index contributed by atoms with van der Waals surface area (Å²) in [6.45, 7) is 5.81. The van der Waals surface area contributed by atoms with E-state index in [1.807, 2.05) is 11.6 Å². The van der Waals surface area contributed by atoms with Gasteiger partial charge in [-0.15, -0.1) is 5.10 Å². The summed E-state index contributed by atoms with van der Waals surface area (Å²) in [5.41, 5.74) is 2.55. The number of aromatic nitrogens is 3. The van der Waals surface area contributed by atoms with Gasteiger partial charge in [0.05, 0.1) is 0 Å². The number of H-pyrrole nitrogens is 1. The Labute approximate surface area is 112 Å². The standard InChI is InChI=1S/C13H18N4S/c1-4-17-12(14-15-13(17)18)16(3)9-11-7-5-6-10(2)8-11/h5-8H,4,9H2,1-3H3,(H,15,18). The smallest absolute Gasteiger partial charge is 0.225 e. The fraction of sp³-hybridized carbons (Fsp3) is 0.385. The molecule has 96 valence electrons. The Morgan fingerprint density at radius 1 is 1.44 bits per heavy atom. The van der Waals surface area contributed by atoms with E-state index in [4.69, 9.17) is 12.2 Å². The van der Waals surface area contributed by atoms with Gasteiger partial charge in [-0.1, -0.05) is 29.8 Å². The van der Waals surface area contributed by atoms with Crippen LogP contribution in [0, 0.1) is 11.7 Å². The molecule has 2 rings (SSSR count). The maximum Gasteiger partial charge on any atom is 0.225 e. The SMILES string of the molecule is CCn1c(N(C)Cc2cccc(C)c2)n[nH]c1=S. The molecule has 1 aromatic heterocycles. The van der Waals surface area contributed by atoms with Crippen molar-refractivity contribution in [2.45, 2.75) is 26.9 Å². The molecule has 0 aliphatic heterocycles. The predicted molar refractivity (Wildman–Crippen MR) is 76.4 cm³/mol. The number of nitrogens with one attached hydrogen (secondary N) is 1. The minimum absolute atomic E-state index is 0.670. The van der Waals surface area contributed by atoms with E-state index in [2.05, 4.69) is 53.2 Å². The van der Waals surface area contributed by atoms with Crippen LogP contribution in [0.2, 0.25) is 0 Å². The Hall–Kier alpha value is -1.62. The summed E-state index contributed by atoms with van der Waals surface area (Å²) in [5.74, 6) is 0.879. The number of benzene rings is 1. The monoisotopic (exact) mass is 262 g/mol. The fourth-order valence-corrected chi connectivity index (χ4v) is 2.30. The molecular weight excluding hydrogens is 244 g/mol. The summed E-state index contributed by atoms with van der Waals surface area (Å²) in [6, 6.07) is 8.50. The van der Waals surface area contributed by atoms with E-state index in [1.54, 1.807) is 0 Å². The van der Waals surface area contributed by atoms with Crippen LogP contribution < -0.4 is 4.90 Å². The van der Waals surface area contributed by atoms with Gasteiger partial charge in [0.1, 0.15) is 0 Å². The zero-order valence-corrected chi connectivity index (χ0v) is 11.8. The van der Waals surface area contributed by atoms with Crippen LogP contribution in [0.5, 0.6) is 0 Å². The summed E-state index contributed by atoms with van der Waals surface area (Å²) >= 11 is 5.19. The number of nitrogens with zero attached hydrogens (tertiary/aromatic N) is 3. The van der Waals surface area contributed by atoms with Crippen molar-refractivity contribution in [3.8, 4) is 0 Å². The van der Waals surface area contributed by atoms with Gasteiger partial charge >= 0.3 is 0 Å². The summed E-state index contributed by atoms with van der Waals surface area (Å²) in [4.78, 5) is 2.10. The summed E-state index contributed by atoms with van der Waals surface area (Å²) in [5, 5.41) is 7.12. The molecule has 1 aromatic carbocycles. The second kappa shape index (κ2) is 5.35. The van der Waals surface area contributed by atoms with Crippen LogP contribution in [-0.2, 0) is 13.1 Å². The van der Waals surface area contributed by atoms with E-state index in [9.17, 15) is 0 Å². The largest absolute Gasteiger partial charge is 0.340 e. The highest BCUT2D eigenvalue weighted by Crippen LogP contribution is 2.14. The van der Waals surface area contributed by atoms with E-state index in [1.165, 1.54) is 11.1 Å². The molecule has 0 atom stereocenters. The van der Waals surface area contributed by atoms with Crippen molar-refractivity contribution in [1.29, 1.82) is 0 Å². The molecule has 5 heteroatoms. The Bertz CT molecular complexity index is 585. The van der Waals surface area contributed by atoms with Crippen LogP contribution in [0.4, 0.5) is 5.95 Å². The van der Waals surface area contributed by atoms with Gasteiger partial charge in [-0.25, -0.2) is 5.10 Å². The Morgan fingerprint density at radius 2 is 2.22 bits per heavy atom. The average molecular weight is 262 g/mol. The van der Waals surface area contributed by atoms with Crippen LogP contribution >= 0.6 is 12.2 Å². The molecule has 0 fully saturated rings. The third-order valence-electron chi connectivity index (χ3n) is 2.90. The number of anilines is 1. The highest BCUT2D eigenvalue weighted by atomic mass is 32.1. The molecule has 0 amide bonds. The van der Waals surface area contributed by atoms with Gasteiger partial charge < -0.3 is 4.90 Å². The van der Waals surface area contributed by atoms with Crippen molar-refractivity contribution in [2.75, 3.05) is 11.9 Å². The molecule has 0 aliphatic carbocycles. The molecule has 4 nitrogen and oxygen atoms in total. The number of aryl methyl sites for hydroxylation is 1. The van der Waals surface area contributed by atoms with Gasteiger partial charge in [0, 0.05) is 20.1 Å². The lowest BCUT2D eigenvalue weighted by molar-refractivity contribution is 0.717. The Balaban J connectivity index is 2.21. The quantitative estimate of drug-likeness (QED) is 0.861. The molecule has 2 aromatic rings. The predicted octanol–water partition coefficient (Wildman–Crippen LogP) is 2.91. The summed E-state index contributed by atoms with van der Waals surface area (Å²) < 4.78 is 2.66. The van der Waals surface area contributed by atoms with Gasteiger partial charge in [-0.2, -0.15) is 0 Å². The van der Waals surface area contributed by atoms with Crippen LogP contribution in [0.25, 0.3) is 0 Å². The minimum atomic E-state index is 0.670. The first-order valence-corrected chi connectivity index (χ1v) is 6.44. The van der Waals surface area contributed by atoms with Crippen molar-refractivity contribution in [3.05, 3.63) is 40.2 Å². The maximum atomic E-state index is 5.19. The van der Waals surface area contributed by atoms with Gasteiger partial charge in [0.2, 0.25) is 5.95 Å². The fourth-order valence-electron chi connectivity index (χ4n) is 2.04. The molecule has 0 radical (unpaired) electrons. The molecule has 0 saturated carbocycles. The Kier molecular flexibility index (Phi) is 3.81. The van der Waals surface area contributed by atoms with Gasteiger partial charge in [0.25, 0.3) is 0 Å². The third kappa shape index (κ3) is 2.61. The number of hydrogen-bond donors (Lipinski definition) is 1. The third-order valence-corrected chi connectivity index (χ3v) is 3.21. The van der Waals surface area contributed by atoms with E-state index in [-0.39, 0.29) is 0 Å². The Morgan fingerprint density at radius 3 is 2.89 bits per heavy atom. The maximum absolute atomic E-state index is 5.19. The lowest BCUT2D eigenvalue weighted by atomic mass is 10.1. The molecule has 1 N–H and O–H groups in total. The average Bonchev–Trinajstić information content (AvgIpc) is 2.70. The van der Waals surface area contributed by atoms with Gasteiger partial charge in [0.15, 0.2) is 4.77 Å². The van der Waals surface area contributed by atoms with Crippen molar-refractivity contribution >= 4 is 18.2 Å². The number of aromatic amines is 1. The molecule has 0 spiro atoms. The van der Waals surface area contributed by atoms with Crippen LogP contribution in [0.15, 0.2) is 24.3 Å². The zero-order chi connectivity index (χ0) is 13.1. The molecular formula is C13H18N4S. The van der Waals surface area contributed by atoms with Crippen molar-refractivity contribution in [3.63, 3.8) is 0 Å². The first-order valence-electron chi connectivity index (χ1n) is 6.03. The first-order chi connectivity index (χ1) is 8.61. The van der Waals surface area contributed by atoms with E-state index >= 15 is 0 Å². The minimum Gasteiger partial charge on any atom is -0.340 e. The molecule has 0 unspecified atom stereocenters. The summed E-state index contributed by atoms with van der Waals surface area (Å²) in [7, 11) is 2.03. The van der Waals surface area contributed by atoms with E-state index in [0.29, 0.717) is 4.77 Å². The van der Waals surface area contributed by atoms with E-state index in [0.717, 1.165) is 19.0 Å². The number of rotatable bonds is 4. The highest BCUT2D eigenvalue weighted by molar-refractivity contribution is 7.71.